The molecule has 0 saturated carbocycles. The second-order valence-corrected chi connectivity index (χ2v) is 8.76. The van der Waals surface area contributed by atoms with E-state index in [1.54, 1.807) is 12.1 Å². The fourth-order valence-corrected chi connectivity index (χ4v) is 4.32. The number of ether oxygens (including phenoxy) is 1. The summed E-state index contributed by atoms with van der Waals surface area (Å²) in [6.45, 7) is 4.46. The molecule has 31 heavy (non-hydrogen) atoms. The van der Waals surface area contributed by atoms with Gasteiger partial charge in [-0.25, -0.2) is 0 Å². The maximum absolute atomic E-state index is 6.60. The maximum atomic E-state index is 6.60. The summed E-state index contributed by atoms with van der Waals surface area (Å²) in [5.74, 6) is 0. The van der Waals surface area contributed by atoms with Gasteiger partial charge < -0.3 is 27.7 Å². The lowest BCUT2D eigenvalue weighted by molar-refractivity contribution is -0.0302. The molecule has 0 aliphatic rings. The van der Waals surface area contributed by atoms with Gasteiger partial charge in [-0.2, -0.15) is 0 Å². The maximum Gasteiger partial charge on any atom is 0.0579 e. The van der Waals surface area contributed by atoms with Crippen LogP contribution in [-0.2, 0) is 17.6 Å². The molecule has 2 atom stereocenters. The van der Waals surface area contributed by atoms with Crippen molar-refractivity contribution < 1.29 is 4.74 Å². The molecule has 0 spiro atoms. The van der Waals surface area contributed by atoms with Crippen molar-refractivity contribution in [2.24, 2.45) is 0 Å². The molecule has 2 aromatic rings. The molecule has 0 bridgehead atoms. The summed E-state index contributed by atoms with van der Waals surface area (Å²) in [6.07, 6.45) is 11.3. The third-order valence-corrected chi connectivity index (χ3v) is 5.66. The number of anilines is 4. The van der Waals surface area contributed by atoms with Crippen LogP contribution in [0.5, 0.6) is 0 Å². The van der Waals surface area contributed by atoms with Gasteiger partial charge in [0.05, 0.1) is 12.2 Å². The van der Waals surface area contributed by atoms with Crippen LogP contribution < -0.4 is 22.9 Å². The van der Waals surface area contributed by atoms with Crippen LogP contribution in [0, 0.1) is 0 Å². The van der Waals surface area contributed by atoms with E-state index >= 15 is 0 Å². The molecule has 2 unspecified atom stereocenters. The van der Waals surface area contributed by atoms with E-state index in [0.717, 1.165) is 87.0 Å². The number of rotatable bonds is 14. The quantitative estimate of drug-likeness (QED) is 0.289. The molecular weight excluding hydrogens is 384 g/mol. The number of benzene rings is 2. The van der Waals surface area contributed by atoms with Crippen LogP contribution in [0.2, 0.25) is 0 Å². The standard InChI is InChI=1S/C26H42N4O/c1-3-7-25(11-5-9-19-13-21(27)17-22(28)14-19)31-26(8-4-2)12-6-10-20-15-23(29)18-24(30)16-20/h13-18,25-26H,3-12,27-30H2,1-2H3. The van der Waals surface area contributed by atoms with Crippen molar-refractivity contribution in [3.8, 4) is 0 Å². The minimum Gasteiger partial charge on any atom is -0.399 e. The molecular formula is C26H42N4O. The van der Waals surface area contributed by atoms with E-state index < -0.39 is 0 Å². The summed E-state index contributed by atoms with van der Waals surface area (Å²) in [7, 11) is 0. The Kier molecular flexibility index (Phi) is 10.5. The first kappa shape index (κ1) is 24.9. The Morgan fingerprint density at radius 3 is 1.26 bits per heavy atom. The van der Waals surface area contributed by atoms with Crippen molar-refractivity contribution >= 4 is 22.7 Å². The van der Waals surface area contributed by atoms with E-state index in [0.29, 0.717) is 12.2 Å². The Morgan fingerprint density at radius 1 is 0.581 bits per heavy atom. The minimum absolute atomic E-state index is 0.308. The Bertz CT molecular complexity index is 687. The lowest BCUT2D eigenvalue weighted by Gasteiger charge is -2.25. The zero-order valence-corrected chi connectivity index (χ0v) is 19.4. The molecule has 0 fully saturated rings. The van der Waals surface area contributed by atoms with Gasteiger partial charge in [-0.05, 0) is 98.9 Å². The van der Waals surface area contributed by atoms with Crippen LogP contribution in [0.3, 0.4) is 0 Å². The summed E-state index contributed by atoms with van der Waals surface area (Å²) in [4.78, 5) is 0. The molecule has 8 N–H and O–H groups in total. The normalized spacial score (nSPS) is 13.2. The summed E-state index contributed by atoms with van der Waals surface area (Å²) in [6, 6.07) is 11.7. The smallest absolute Gasteiger partial charge is 0.0579 e. The fourth-order valence-electron chi connectivity index (χ4n) is 4.32. The van der Waals surface area contributed by atoms with Gasteiger partial charge in [0.2, 0.25) is 0 Å². The molecule has 0 aromatic heterocycles. The van der Waals surface area contributed by atoms with Gasteiger partial charge in [0.15, 0.2) is 0 Å². The first-order valence-corrected chi connectivity index (χ1v) is 11.8. The van der Waals surface area contributed by atoms with E-state index in [2.05, 4.69) is 13.8 Å². The number of hydrogen-bond donors (Lipinski definition) is 4. The van der Waals surface area contributed by atoms with Gasteiger partial charge in [0.1, 0.15) is 0 Å². The van der Waals surface area contributed by atoms with Gasteiger partial charge in [-0.3, -0.25) is 0 Å². The average Bonchev–Trinajstić information content (AvgIpc) is 2.66. The largest absolute Gasteiger partial charge is 0.399 e. The highest BCUT2D eigenvalue weighted by atomic mass is 16.5. The lowest BCUT2D eigenvalue weighted by Crippen LogP contribution is -2.23. The van der Waals surface area contributed by atoms with E-state index in [-0.39, 0.29) is 0 Å². The van der Waals surface area contributed by atoms with Crippen molar-refractivity contribution in [1.82, 2.24) is 0 Å². The van der Waals surface area contributed by atoms with Crippen LogP contribution in [-0.4, -0.2) is 12.2 Å². The topological polar surface area (TPSA) is 113 Å². The summed E-state index contributed by atoms with van der Waals surface area (Å²) in [5.41, 5.74) is 29.1. The molecule has 5 nitrogen and oxygen atoms in total. The Balaban J connectivity index is 1.84. The van der Waals surface area contributed by atoms with Gasteiger partial charge in [0.25, 0.3) is 0 Å². The molecule has 0 saturated heterocycles. The molecule has 0 radical (unpaired) electrons. The highest BCUT2D eigenvalue weighted by Crippen LogP contribution is 2.22. The molecule has 2 rings (SSSR count). The molecule has 172 valence electrons. The van der Waals surface area contributed by atoms with Crippen molar-refractivity contribution in [3.63, 3.8) is 0 Å². The monoisotopic (exact) mass is 426 g/mol. The van der Waals surface area contributed by atoms with Crippen molar-refractivity contribution in [2.75, 3.05) is 22.9 Å². The van der Waals surface area contributed by atoms with Gasteiger partial charge in [0, 0.05) is 22.7 Å². The Labute approximate surface area is 188 Å². The molecule has 0 heterocycles. The number of aryl methyl sites for hydroxylation is 2. The predicted octanol–water partition coefficient (Wildman–Crippen LogP) is 5.72. The first-order valence-electron chi connectivity index (χ1n) is 11.8. The zero-order chi connectivity index (χ0) is 22.6. The second-order valence-electron chi connectivity index (χ2n) is 8.76. The Morgan fingerprint density at radius 2 is 0.935 bits per heavy atom. The second kappa shape index (κ2) is 13.1. The van der Waals surface area contributed by atoms with Gasteiger partial charge >= 0.3 is 0 Å². The number of nitrogen functional groups attached to an aromatic ring is 4. The summed E-state index contributed by atoms with van der Waals surface area (Å²) < 4.78 is 6.60. The molecule has 0 aliphatic carbocycles. The van der Waals surface area contributed by atoms with Crippen LogP contribution in [0.25, 0.3) is 0 Å². The van der Waals surface area contributed by atoms with Crippen LogP contribution in [0.1, 0.15) is 76.3 Å². The van der Waals surface area contributed by atoms with Crippen molar-refractivity contribution in [3.05, 3.63) is 47.5 Å². The summed E-state index contributed by atoms with van der Waals surface area (Å²) in [5, 5.41) is 0. The fraction of sp³-hybridized carbons (Fsp3) is 0.538. The van der Waals surface area contributed by atoms with E-state index in [1.807, 2.05) is 24.3 Å². The molecule has 2 aromatic carbocycles. The van der Waals surface area contributed by atoms with Crippen molar-refractivity contribution in [2.45, 2.75) is 90.3 Å². The average molecular weight is 427 g/mol. The van der Waals surface area contributed by atoms with Gasteiger partial charge in [-0.1, -0.05) is 26.7 Å². The number of nitrogens with two attached hydrogens (primary N) is 4. The SMILES string of the molecule is CCCC(CCCc1cc(N)cc(N)c1)OC(CCC)CCCc1cc(N)cc(N)c1. The molecule has 0 aliphatic heterocycles. The number of hydrogen-bond acceptors (Lipinski definition) is 5. The highest BCUT2D eigenvalue weighted by molar-refractivity contribution is 5.55. The molecule has 5 heteroatoms. The zero-order valence-electron chi connectivity index (χ0n) is 19.4. The van der Waals surface area contributed by atoms with Gasteiger partial charge in [-0.15, -0.1) is 0 Å². The van der Waals surface area contributed by atoms with Crippen LogP contribution in [0.15, 0.2) is 36.4 Å². The summed E-state index contributed by atoms with van der Waals surface area (Å²) >= 11 is 0. The van der Waals surface area contributed by atoms with E-state index in [4.69, 9.17) is 27.7 Å². The third kappa shape index (κ3) is 9.52. The predicted molar refractivity (Wildman–Crippen MR) is 135 cm³/mol. The first-order chi connectivity index (χ1) is 14.9. The minimum atomic E-state index is 0.308. The third-order valence-electron chi connectivity index (χ3n) is 5.66. The highest BCUT2D eigenvalue weighted by Gasteiger charge is 2.16. The van der Waals surface area contributed by atoms with Crippen LogP contribution in [0.4, 0.5) is 22.7 Å². The van der Waals surface area contributed by atoms with Crippen molar-refractivity contribution in [1.29, 1.82) is 0 Å². The van der Waals surface area contributed by atoms with E-state index in [1.165, 1.54) is 11.1 Å². The van der Waals surface area contributed by atoms with E-state index in [9.17, 15) is 0 Å². The lowest BCUT2D eigenvalue weighted by atomic mass is 10.0. The van der Waals surface area contributed by atoms with Crippen LogP contribution >= 0.6 is 0 Å². The Hall–Kier alpha value is -2.40. The molecule has 0 amide bonds.